The summed E-state index contributed by atoms with van der Waals surface area (Å²) in [5.74, 6) is 2.01. The van der Waals surface area contributed by atoms with Crippen LogP contribution in [-0.2, 0) is 0 Å². The maximum atomic E-state index is 6.52. The van der Waals surface area contributed by atoms with E-state index >= 15 is 0 Å². The van der Waals surface area contributed by atoms with Gasteiger partial charge in [-0.1, -0.05) is 319 Å². The number of rotatable bonds is 47. The molecule has 0 aliphatic rings. The highest BCUT2D eigenvalue weighted by atomic mass is 16.5. The Hall–Kier alpha value is -2.74. The van der Waals surface area contributed by atoms with Gasteiger partial charge in [0.05, 0.1) is 13.2 Å². The van der Waals surface area contributed by atoms with E-state index in [0.717, 1.165) is 37.6 Å². The molecule has 3 rings (SSSR count). The van der Waals surface area contributed by atoms with E-state index in [-0.39, 0.29) is 5.92 Å². The predicted molar refractivity (Wildman–Crippen MR) is 287 cm³/mol. The monoisotopic (exact) mass is 893 g/mol. The minimum Gasteiger partial charge on any atom is -0.493 e. The van der Waals surface area contributed by atoms with Crippen LogP contribution in [0, 0.1) is 0 Å². The molecular weight excluding hydrogens is 789 g/mol. The standard InChI is InChI=1S/C63H104O2/c1-3-5-7-9-11-13-15-17-19-21-23-25-27-29-31-33-35-37-39-47-53-64-61-55-60(63(58-49-43-41-44-50-58)59-51-45-42-46-52-59)56-62(57-61)65-54-48-40-38-36-34-32-30-28-26-24-22-20-18-16-14-12-10-8-6-4-2/h41-46,49-52,55-57,63H,3-40,47-48,53-54H2,1-2H3. The van der Waals surface area contributed by atoms with Crippen LogP contribution in [0.15, 0.2) is 78.9 Å². The highest BCUT2D eigenvalue weighted by molar-refractivity contribution is 5.48. The quantitative estimate of drug-likeness (QED) is 0.0415. The Balaban J connectivity index is 1.28. The van der Waals surface area contributed by atoms with Gasteiger partial charge in [-0.25, -0.2) is 0 Å². The van der Waals surface area contributed by atoms with Gasteiger partial charge in [-0.3, -0.25) is 0 Å². The summed E-state index contributed by atoms with van der Waals surface area (Å²) in [6.07, 6.45) is 56.1. The maximum Gasteiger partial charge on any atom is 0.123 e. The Morgan fingerprint density at radius 2 is 0.492 bits per heavy atom. The summed E-state index contributed by atoms with van der Waals surface area (Å²) in [5.41, 5.74) is 3.83. The zero-order valence-corrected chi connectivity index (χ0v) is 43.1. The second-order valence-corrected chi connectivity index (χ2v) is 20.1. The van der Waals surface area contributed by atoms with Gasteiger partial charge < -0.3 is 9.47 Å². The Kier molecular flexibility index (Phi) is 37.1. The number of unbranched alkanes of at least 4 members (excludes halogenated alkanes) is 38. The summed E-state index contributed by atoms with van der Waals surface area (Å²) in [6.45, 7) is 6.15. The molecule has 3 aromatic rings. The Labute approximate surface area is 404 Å². The molecule has 2 heteroatoms. The summed E-state index contributed by atoms with van der Waals surface area (Å²) in [6, 6.07) is 28.5. The SMILES string of the molecule is CCCCCCCCCCCCCCCCCCCCCCOc1cc(OCCCCCCCCCCCCCCCCCCCCCC)cc(C(c2ccccc2)c2ccccc2)c1. The molecular formula is C63H104O2. The summed E-state index contributed by atoms with van der Waals surface area (Å²) in [7, 11) is 0. The second-order valence-electron chi connectivity index (χ2n) is 20.1. The lowest BCUT2D eigenvalue weighted by atomic mass is 9.85. The highest BCUT2D eigenvalue weighted by Crippen LogP contribution is 2.36. The van der Waals surface area contributed by atoms with Gasteiger partial charge in [0.1, 0.15) is 11.5 Å². The molecule has 0 saturated carbocycles. The van der Waals surface area contributed by atoms with Gasteiger partial charge >= 0.3 is 0 Å². The van der Waals surface area contributed by atoms with E-state index in [1.54, 1.807) is 0 Å². The molecule has 2 nitrogen and oxygen atoms in total. The lowest BCUT2D eigenvalue weighted by molar-refractivity contribution is 0.289. The molecule has 0 N–H and O–H groups in total. The van der Waals surface area contributed by atoms with Gasteiger partial charge in [0, 0.05) is 12.0 Å². The van der Waals surface area contributed by atoms with Crippen molar-refractivity contribution in [2.24, 2.45) is 0 Å². The van der Waals surface area contributed by atoms with Gasteiger partial charge in [-0.2, -0.15) is 0 Å². The van der Waals surface area contributed by atoms with Crippen molar-refractivity contribution < 1.29 is 9.47 Å². The van der Waals surface area contributed by atoms with Crippen LogP contribution in [-0.4, -0.2) is 13.2 Å². The van der Waals surface area contributed by atoms with Crippen LogP contribution >= 0.6 is 0 Å². The predicted octanol–water partition coefficient (Wildman–Crippen LogP) is 21.3. The minimum absolute atomic E-state index is 0.128. The van der Waals surface area contributed by atoms with E-state index in [1.165, 1.54) is 261 Å². The molecule has 0 atom stereocenters. The first-order chi connectivity index (χ1) is 32.3. The van der Waals surface area contributed by atoms with Crippen molar-refractivity contribution in [2.75, 3.05) is 13.2 Å². The van der Waals surface area contributed by atoms with Crippen molar-refractivity contribution in [3.05, 3.63) is 95.6 Å². The van der Waals surface area contributed by atoms with Gasteiger partial charge in [0.15, 0.2) is 0 Å². The molecule has 3 aromatic carbocycles. The van der Waals surface area contributed by atoms with Crippen molar-refractivity contribution >= 4 is 0 Å². The fraction of sp³-hybridized carbons (Fsp3) is 0.714. The summed E-state index contributed by atoms with van der Waals surface area (Å²) in [5, 5.41) is 0. The fourth-order valence-corrected chi connectivity index (χ4v) is 9.89. The van der Waals surface area contributed by atoms with Gasteiger partial charge in [0.2, 0.25) is 0 Å². The number of benzene rings is 3. The van der Waals surface area contributed by atoms with E-state index < -0.39 is 0 Å². The van der Waals surface area contributed by atoms with Crippen LogP contribution in [0.5, 0.6) is 11.5 Å². The molecule has 65 heavy (non-hydrogen) atoms. The van der Waals surface area contributed by atoms with Crippen molar-refractivity contribution in [1.29, 1.82) is 0 Å². The Bertz CT molecular complexity index is 1310. The molecule has 0 amide bonds. The topological polar surface area (TPSA) is 18.5 Å². The summed E-state index contributed by atoms with van der Waals surface area (Å²) in [4.78, 5) is 0. The molecule has 0 radical (unpaired) electrons. The Morgan fingerprint density at radius 1 is 0.262 bits per heavy atom. The molecule has 0 fully saturated rings. The van der Waals surface area contributed by atoms with Gasteiger partial charge in [0.25, 0.3) is 0 Å². The van der Waals surface area contributed by atoms with Crippen molar-refractivity contribution in [3.63, 3.8) is 0 Å². The molecule has 0 aliphatic heterocycles. The molecule has 0 spiro atoms. The third-order valence-electron chi connectivity index (χ3n) is 14.0. The van der Waals surface area contributed by atoms with Crippen LogP contribution in [0.2, 0.25) is 0 Å². The smallest absolute Gasteiger partial charge is 0.123 e. The van der Waals surface area contributed by atoms with Crippen molar-refractivity contribution in [3.8, 4) is 11.5 Å². The summed E-state index contributed by atoms with van der Waals surface area (Å²) >= 11 is 0. The average molecular weight is 894 g/mol. The first kappa shape index (κ1) is 56.6. The van der Waals surface area contributed by atoms with Gasteiger partial charge in [-0.05, 0) is 41.7 Å². The normalized spacial score (nSPS) is 11.5. The average Bonchev–Trinajstić information content (AvgIpc) is 3.33. The van der Waals surface area contributed by atoms with E-state index in [9.17, 15) is 0 Å². The largest absolute Gasteiger partial charge is 0.493 e. The lowest BCUT2D eigenvalue weighted by Crippen LogP contribution is -2.06. The van der Waals surface area contributed by atoms with Crippen LogP contribution in [0.1, 0.15) is 293 Å². The molecule has 0 unspecified atom stereocenters. The Morgan fingerprint density at radius 3 is 0.738 bits per heavy atom. The molecule has 0 bridgehead atoms. The molecule has 368 valence electrons. The molecule has 0 heterocycles. The first-order valence-corrected chi connectivity index (χ1v) is 28.8. The maximum absolute atomic E-state index is 6.52. The van der Waals surface area contributed by atoms with Crippen molar-refractivity contribution in [2.45, 2.75) is 277 Å². The number of hydrogen-bond donors (Lipinski definition) is 0. The first-order valence-electron chi connectivity index (χ1n) is 28.8. The van der Waals surface area contributed by atoms with Crippen LogP contribution < -0.4 is 9.47 Å². The van der Waals surface area contributed by atoms with Crippen LogP contribution in [0.25, 0.3) is 0 Å². The third-order valence-corrected chi connectivity index (χ3v) is 14.0. The fourth-order valence-electron chi connectivity index (χ4n) is 9.89. The number of ether oxygens (including phenoxy) is 2. The lowest BCUT2D eigenvalue weighted by Gasteiger charge is -2.21. The zero-order chi connectivity index (χ0) is 45.8. The zero-order valence-electron chi connectivity index (χ0n) is 43.1. The van der Waals surface area contributed by atoms with E-state index in [1.807, 2.05) is 0 Å². The van der Waals surface area contributed by atoms with Crippen LogP contribution in [0.4, 0.5) is 0 Å². The second kappa shape index (κ2) is 42.6. The van der Waals surface area contributed by atoms with E-state index in [0.29, 0.717) is 0 Å². The van der Waals surface area contributed by atoms with Crippen LogP contribution in [0.3, 0.4) is 0 Å². The molecule has 0 aliphatic carbocycles. The molecule has 0 aromatic heterocycles. The van der Waals surface area contributed by atoms with E-state index in [4.69, 9.17) is 9.47 Å². The van der Waals surface area contributed by atoms with Gasteiger partial charge in [-0.15, -0.1) is 0 Å². The highest BCUT2D eigenvalue weighted by Gasteiger charge is 2.19. The van der Waals surface area contributed by atoms with E-state index in [2.05, 4.69) is 92.7 Å². The number of hydrogen-bond acceptors (Lipinski definition) is 2. The third kappa shape index (κ3) is 31.0. The van der Waals surface area contributed by atoms with Crippen molar-refractivity contribution in [1.82, 2.24) is 0 Å². The molecule has 0 saturated heterocycles. The summed E-state index contributed by atoms with van der Waals surface area (Å²) < 4.78 is 13.0. The minimum atomic E-state index is 0.128.